The number of aromatic nitrogens is 1. The normalized spacial score (nSPS) is 17.2. The van der Waals surface area contributed by atoms with Crippen molar-refractivity contribution in [2.45, 2.75) is 44.7 Å². The zero-order valence-corrected chi connectivity index (χ0v) is 18.1. The minimum Gasteiger partial charge on any atom is -0.354 e. The van der Waals surface area contributed by atoms with Crippen molar-refractivity contribution < 1.29 is 0 Å². The fourth-order valence-corrected chi connectivity index (χ4v) is 3.85. The largest absolute Gasteiger partial charge is 0.354 e. The third kappa shape index (κ3) is 5.29. The molecular formula is C16H30IN5S. The Morgan fingerprint density at radius 1 is 1.35 bits per heavy atom. The van der Waals surface area contributed by atoms with Crippen LogP contribution in [-0.4, -0.2) is 61.0 Å². The zero-order valence-electron chi connectivity index (χ0n) is 14.9. The molecule has 0 spiro atoms. The third-order valence-corrected chi connectivity index (χ3v) is 5.52. The number of hydrogen-bond donors (Lipinski definition) is 1. The standard InChI is InChI=1S/C16H29N5S.HI/c1-13-19-14(11-22-13)10-21(5)15(17-2)18-12-16(20(3)4)8-6-7-9-16;/h11H,6-10,12H2,1-5H3,(H,17,18);1H. The molecular weight excluding hydrogens is 421 g/mol. The fourth-order valence-electron chi connectivity index (χ4n) is 3.24. The van der Waals surface area contributed by atoms with Crippen molar-refractivity contribution in [2.24, 2.45) is 4.99 Å². The molecule has 2 rings (SSSR count). The van der Waals surface area contributed by atoms with Crippen LogP contribution in [0.4, 0.5) is 0 Å². The van der Waals surface area contributed by atoms with Crippen LogP contribution in [0, 0.1) is 6.92 Å². The van der Waals surface area contributed by atoms with E-state index < -0.39 is 0 Å². The van der Waals surface area contributed by atoms with E-state index in [2.05, 4.69) is 51.6 Å². The van der Waals surface area contributed by atoms with Crippen molar-refractivity contribution in [1.29, 1.82) is 0 Å². The average molecular weight is 451 g/mol. The van der Waals surface area contributed by atoms with Gasteiger partial charge in [-0.25, -0.2) is 4.98 Å². The molecule has 1 heterocycles. The van der Waals surface area contributed by atoms with Crippen LogP contribution in [0.2, 0.25) is 0 Å². The van der Waals surface area contributed by atoms with E-state index in [4.69, 9.17) is 0 Å². The number of nitrogens with zero attached hydrogens (tertiary/aromatic N) is 4. The van der Waals surface area contributed by atoms with Gasteiger partial charge in [-0.3, -0.25) is 4.99 Å². The molecule has 132 valence electrons. The monoisotopic (exact) mass is 451 g/mol. The maximum atomic E-state index is 4.53. The quantitative estimate of drug-likeness (QED) is 0.425. The summed E-state index contributed by atoms with van der Waals surface area (Å²) in [5.74, 6) is 0.943. The van der Waals surface area contributed by atoms with E-state index in [0.29, 0.717) is 0 Å². The molecule has 7 heteroatoms. The van der Waals surface area contributed by atoms with Crippen LogP contribution in [0.15, 0.2) is 10.4 Å². The minimum atomic E-state index is 0. The summed E-state index contributed by atoms with van der Waals surface area (Å²) in [6.45, 7) is 3.79. The van der Waals surface area contributed by atoms with Gasteiger partial charge in [0.25, 0.3) is 0 Å². The van der Waals surface area contributed by atoms with Crippen LogP contribution in [0.1, 0.15) is 36.4 Å². The predicted molar refractivity (Wildman–Crippen MR) is 110 cm³/mol. The molecule has 1 aliphatic carbocycles. The summed E-state index contributed by atoms with van der Waals surface area (Å²) in [6.07, 6.45) is 5.18. The highest BCUT2D eigenvalue weighted by atomic mass is 127. The van der Waals surface area contributed by atoms with E-state index in [0.717, 1.165) is 29.8 Å². The number of halogens is 1. The molecule has 5 nitrogen and oxygen atoms in total. The molecule has 0 unspecified atom stereocenters. The lowest BCUT2D eigenvalue weighted by molar-refractivity contribution is 0.159. The number of rotatable bonds is 5. The maximum absolute atomic E-state index is 4.53. The van der Waals surface area contributed by atoms with E-state index in [1.165, 1.54) is 25.7 Å². The fraction of sp³-hybridized carbons (Fsp3) is 0.750. The highest BCUT2D eigenvalue weighted by Gasteiger charge is 2.36. The summed E-state index contributed by atoms with van der Waals surface area (Å²) in [4.78, 5) is 13.5. The molecule has 0 aromatic carbocycles. The Morgan fingerprint density at radius 3 is 2.48 bits per heavy atom. The molecule has 1 saturated carbocycles. The minimum absolute atomic E-state index is 0. The second-order valence-corrected chi connectivity index (χ2v) is 7.50. The molecule has 1 N–H and O–H groups in total. The van der Waals surface area contributed by atoms with Crippen molar-refractivity contribution in [3.8, 4) is 0 Å². The Morgan fingerprint density at radius 2 is 2.00 bits per heavy atom. The Kier molecular flexibility index (Phi) is 8.23. The number of aliphatic imine (C=N–C) groups is 1. The van der Waals surface area contributed by atoms with Crippen molar-refractivity contribution in [3.63, 3.8) is 0 Å². The Hall–Kier alpha value is -0.410. The highest BCUT2D eigenvalue weighted by Crippen LogP contribution is 2.33. The molecule has 1 aromatic heterocycles. The van der Waals surface area contributed by atoms with Crippen molar-refractivity contribution in [1.82, 2.24) is 20.1 Å². The van der Waals surface area contributed by atoms with Gasteiger partial charge in [-0.05, 0) is 33.9 Å². The number of likely N-dealkylation sites (N-methyl/N-ethyl adjacent to an activating group) is 1. The first-order valence-electron chi connectivity index (χ1n) is 7.97. The number of thiazole rings is 1. The smallest absolute Gasteiger partial charge is 0.193 e. The van der Waals surface area contributed by atoms with Gasteiger partial charge in [0.05, 0.1) is 17.2 Å². The second kappa shape index (κ2) is 9.17. The number of guanidine groups is 1. The molecule has 0 aliphatic heterocycles. The molecule has 0 saturated heterocycles. The highest BCUT2D eigenvalue weighted by molar-refractivity contribution is 14.0. The van der Waals surface area contributed by atoms with Crippen LogP contribution >= 0.6 is 35.3 Å². The molecule has 1 aliphatic rings. The predicted octanol–water partition coefficient (Wildman–Crippen LogP) is 2.95. The van der Waals surface area contributed by atoms with Crippen molar-refractivity contribution in [3.05, 3.63) is 16.1 Å². The molecule has 1 aromatic rings. The zero-order chi connectivity index (χ0) is 16.2. The van der Waals surface area contributed by atoms with Gasteiger partial charge in [0.2, 0.25) is 0 Å². The van der Waals surface area contributed by atoms with E-state index in [1.807, 2.05) is 14.0 Å². The Balaban J connectivity index is 0.00000264. The van der Waals surface area contributed by atoms with Gasteiger partial charge in [-0.1, -0.05) is 12.8 Å². The van der Waals surface area contributed by atoms with Gasteiger partial charge in [-0.2, -0.15) is 0 Å². The molecule has 0 amide bonds. The Labute approximate surface area is 161 Å². The summed E-state index contributed by atoms with van der Waals surface area (Å²) in [6, 6.07) is 0. The summed E-state index contributed by atoms with van der Waals surface area (Å²) in [5, 5.41) is 6.81. The van der Waals surface area contributed by atoms with Gasteiger partial charge < -0.3 is 15.1 Å². The summed E-state index contributed by atoms with van der Waals surface area (Å²) >= 11 is 1.70. The molecule has 0 radical (unpaired) electrons. The lowest BCUT2D eigenvalue weighted by Gasteiger charge is -2.37. The maximum Gasteiger partial charge on any atom is 0.193 e. The molecule has 0 atom stereocenters. The van der Waals surface area contributed by atoms with Gasteiger partial charge in [-0.15, -0.1) is 35.3 Å². The Bertz CT molecular complexity index is 508. The average Bonchev–Trinajstić information content (AvgIpc) is 3.09. The van der Waals surface area contributed by atoms with Crippen molar-refractivity contribution in [2.75, 3.05) is 34.7 Å². The van der Waals surface area contributed by atoms with Gasteiger partial charge >= 0.3 is 0 Å². The first-order valence-corrected chi connectivity index (χ1v) is 8.85. The SMILES string of the molecule is CN=C(NCC1(N(C)C)CCCC1)N(C)Cc1csc(C)n1.I. The number of nitrogens with one attached hydrogen (secondary N) is 1. The van der Waals surface area contributed by atoms with E-state index in [-0.39, 0.29) is 29.5 Å². The first kappa shape index (κ1) is 20.6. The van der Waals surface area contributed by atoms with E-state index >= 15 is 0 Å². The van der Waals surface area contributed by atoms with Crippen LogP contribution < -0.4 is 5.32 Å². The van der Waals surface area contributed by atoms with Crippen LogP contribution in [-0.2, 0) is 6.54 Å². The molecule has 0 bridgehead atoms. The second-order valence-electron chi connectivity index (χ2n) is 6.44. The van der Waals surface area contributed by atoms with Gasteiger partial charge in [0.15, 0.2) is 5.96 Å². The third-order valence-electron chi connectivity index (χ3n) is 4.70. The van der Waals surface area contributed by atoms with Gasteiger partial charge in [0, 0.05) is 31.6 Å². The summed E-state index contributed by atoms with van der Waals surface area (Å²) < 4.78 is 0. The van der Waals surface area contributed by atoms with Crippen molar-refractivity contribution >= 4 is 41.3 Å². The number of hydrogen-bond acceptors (Lipinski definition) is 4. The summed E-state index contributed by atoms with van der Waals surface area (Å²) in [5.41, 5.74) is 1.38. The number of aryl methyl sites for hydroxylation is 1. The van der Waals surface area contributed by atoms with E-state index in [9.17, 15) is 0 Å². The summed E-state index contributed by atoms with van der Waals surface area (Å²) in [7, 11) is 8.30. The van der Waals surface area contributed by atoms with E-state index in [1.54, 1.807) is 11.3 Å². The first-order chi connectivity index (χ1) is 10.5. The lowest BCUT2D eigenvalue weighted by atomic mass is 9.96. The van der Waals surface area contributed by atoms with Gasteiger partial charge in [0.1, 0.15) is 0 Å². The molecule has 1 fully saturated rings. The molecule has 23 heavy (non-hydrogen) atoms. The van der Waals surface area contributed by atoms with Crippen LogP contribution in [0.3, 0.4) is 0 Å². The topological polar surface area (TPSA) is 43.8 Å². The van der Waals surface area contributed by atoms with Crippen LogP contribution in [0.25, 0.3) is 0 Å². The lowest BCUT2D eigenvalue weighted by Crippen LogP contribution is -2.53. The van der Waals surface area contributed by atoms with Crippen LogP contribution in [0.5, 0.6) is 0 Å².